The van der Waals surface area contributed by atoms with Gasteiger partial charge in [-0.2, -0.15) is 19.9 Å². The molecule has 0 amide bonds. The smallest absolute Gasteiger partial charge is 0.238 e. The first-order valence-electron chi connectivity index (χ1n) is 23.7. The monoisotopic (exact) mass is 894 g/mol. The van der Waals surface area contributed by atoms with Gasteiger partial charge < -0.3 is 0 Å². The van der Waals surface area contributed by atoms with Crippen LogP contribution in [-0.2, 0) is 0 Å². The van der Waals surface area contributed by atoms with Gasteiger partial charge in [0.05, 0.1) is 22.1 Å². The fourth-order valence-electron chi connectivity index (χ4n) is 11.6. The van der Waals surface area contributed by atoms with Crippen molar-refractivity contribution in [2.24, 2.45) is 0 Å². The molecular formula is C62H38N8. The molecule has 8 nitrogen and oxygen atoms in total. The summed E-state index contributed by atoms with van der Waals surface area (Å²) in [5, 5.41) is 4.74. The predicted octanol–water partition coefficient (Wildman–Crippen LogP) is 13.9. The first kappa shape index (κ1) is 38.7. The van der Waals surface area contributed by atoms with Crippen molar-refractivity contribution in [3.63, 3.8) is 0 Å². The normalized spacial score (nSPS) is 14.6. The van der Waals surface area contributed by atoms with Crippen LogP contribution in [0.4, 0.5) is 0 Å². The van der Waals surface area contributed by atoms with Crippen LogP contribution in [0.5, 0.6) is 0 Å². The topological polar surface area (TPSA) is 87.2 Å². The Kier molecular flexibility index (Phi) is 8.32. The number of aromatic nitrogens is 8. The molecule has 8 heteroatoms. The summed E-state index contributed by atoms with van der Waals surface area (Å²) in [5.41, 5.74) is 15.9. The fraction of sp³-hybridized carbons (Fsp3) is 0.0323. The Morgan fingerprint density at radius 3 is 0.971 bits per heavy atom. The van der Waals surface area contributed by atoms with Crippen molar-refractivity contribution < 1.29 is 0 Å². The highest BCUT2D eigenvalue weighted by molar-refractivity contribution is 6.15. The van der Waals surface area contributed by atoms with E-state index < -0.39 is 0 Å². The number of rotatable bonds is 6. The number of fused-ring (bicyclic) bond motifs is 6. The van der Waals surface area contributed by atoms with Gasteiger partial charge in [0.25, 0.3) is 0 Å². The SMILES string of the molecule is c1ccc(-c2nc(-c3ccccc3)nc(-n3c4ccccc4c4c5c(ccc43)C3c4ccccc4C5c4c3ccc3c4c4ccccc4n3-c3nc(-c4ccccc4)nc(-c4ccccc4)n3)n2)cc1. The lowest BCUT2D eigenvalue weighted by atomic mass is 9.59. The lowest BCUT2D eigenvalue weighted by molar-refractivity contribution is 0.767. The molecule has 4 heterocycles. The van der Waals surface area contributed by atoms with Crippen LogP contribution < -0.4 is 0 Å². The molecule has 326 valence electrons. The second kappa shape index (κ2) is 15.1. The maximum absolute atomic E-state index is 5.28. The average Bonchev–Trinajstić information content (AvgIpc) is 3.97. The van der Waals surface area contributed by atoms with Gasteiger partial charge in [-0.3, -0.25) is 9.13 Å². The van der Waals surface area contributed by atoms with E-state index >= 15 is 0 Å². The molecule has 4 aromatic heterocycles. The molecule has 0 atom stereocenters. The van der Waals surface area contributed by atoms with E-state index in [-0.39, 0.29) is 11.8 Å². The third-order valence-corrected chi connectivity index (χ3v) is 14.4. The van der Waals surface area contributed by atoms with Crippen LogP contribution in [0.2, 0.25) is 0 Å². The van der Waals surface area contributed by atoms with E-state index in [4.69, 9.17) is 29.9 Å². The maximum Gasteiger partial charge on any atom is 0.238 e. The van der Waals surface area contributed by atoms with E-state index in [1.165, 1.54) is 44.2 Å². The third kappa shape index (κ3) is 5.64. The zero-order valence-electron chi connectivity index (χ0n) is 37.5. The second-order valence-corrected chi connectivity index (χ2v) is 18.2. The Labute approximate surface area is 401 Å². The highest BCUT2D eigenvalue weighted by Gasteiger charge is 2.44. The van der Waals surface area contributed by atoms with Crippen molar-refractivity contribution in [2.75, 3.05) is 0 Å². The van der Waals surface area contributed by atoms with E-state index in [0.29, 0.717) is 35.2 Å². The molecule has 3 aliphatic carbocycles. The van der Waals surface area contributed by atoms with Crippen LogP contribution in [0.15, 0.2) is 218 Å². The molecule has 0 fully saturated rings. The van der Waals surface area contributed by atoms with Crippen LogP contribution >= 0.6 is 0 Å². The first-order chi connectivity index (χ1) is 34.7. The number of nitrogens with zero attached hydrogens (tertiary/aromatic N) is 8. The lowest BCUT2D eigenvalue weighted by Crippen LogP contribution is -2.28. The van der Waals surface area contributed by atoms with Crippen LogP contribution in [-0.4, -0.2) is 39.0 Å². The maximum atomic E-state index is 5.28. The summed E-state index contributed by atoms with van der Waals surface area (Å²) in [6.07, 6.45) is 0. The van der Waals surface area contributed by atoms with Crippen molar-refractivity contribution in [1.29, 1.82) is 0 Å². The summed E-state index contributed by atoms with van der Waals surface area (Å²) >= 11 is 0. The molecule has 70 heavy (non-hydrogen) atoms. The van der Waals surface area contributed by atoms with Gasteiger partial charge in [0.2, 0.25) is 11.9 Å². The van der Waals surface area contributed by atoms with Crippen LogP contribution in [0.1, 0.15) is 45.2 Å². The summed E-state index contributed by atoms with van der Waals surface area (Å²) in [6, 6.07) is 76.7. The standard InChI is InChI=1S/C62H38N8/c1-5-19-37(20-6-1)57-63-58(38-21-7-2-8-22-38)66-61(65-57)69-47-31-17-15-29-43(47)52-49(69)35-33-45-51-41-27-13-14-28-42(41)54(55(45)52)56-46(51)34-36-50-53(56)44-30-16-18-32-48(44)70(50)62-67-59(39-23-9-3-10-24-39)64-60(68-62)40-25-11-4-12-26-40/h1-36,51,54H. The zero-order chi connectivity index (χ0) is 45.9. The van der Waals surface area contributed by atoms with Gasteiger partial charge in [-0.25, -0.2) is 9.97 Å². The minimum atomic E-state index is -0.0895. The van der Waals surface area contributed by atoms with Gasteiger partial charge in [0.1, 0.15) is 0 Å². The first-order valence-corrected chi connectivity index (χ1v) is 23.7. The van der Waals surface area contributed by atoms with Gasteiger partial charge in [-0.1, -0.05) is 194 Å². The number of hydrogen-bond acceptors (Lipinski definition) is 6. The Morgan fingerprint density at radius 2 is 0.586 bits per heavy atom. The van der Waals surface area contributed by atoms with E-state index in [2.05, 4.69) is 155 Å². The minimum Gasteiger partial charge on any atom is -0.278 e. The van der Waals surface area contributed by atoms with Crippen molar-refractivity contribution in [3.8, 4) is 57.4 Å². The molecular weight excluding hydrogens is 857 g/mol. The molecule has 2 bridgehead atoms. The predicted molar refractivity (Wildman–Crippen MR) is 278 cm³/mol. The Morgan fingerprint density at radius 1 is 0.257 bits per heavy atom. The van der Waals surface area contributed by atoms with E-state index in [9.17, 15) is 0 Å². The van der Waals surface area contributed by atoms with Gasteiger partial charge in [-0.15, -0.1) is 0 Å². The number of benzene rings is 9. The van der Waals surface area contributed by atoms with Crippen molar-refractivity contribution in [3.05, 3.63) is 252 Å². The van der Waals surface area contributed by atoms with Crippen LogP contribution in [0.3, 0.4) is 0 Å². The summed E-state index contributed by atoms with van der Waals surface area (Å²) in [4.78, 5) is 31.3. The molecule has 0 saturated carbocycles. The average molecular weight is 895 g/mol. The highest BCUT2D eigenvalue weighted by atomic mass is 15.2. The van der Waals surface area contributed by atoms with Crippen molar-refractivity contribution in [1.82, 2.24) is 39.0 Å². The van der Waals surface area contributed by atoms with Crippen molar-refractivity contribution >= 4 is 43.6 Å². The largest absolute Gasteiger partial charge is 0.278 e. The zero-order valence-corrected chi connectivity index (χ0v) is 37.5. The Bertz CT molecular complexity index is 3870. The van der Waals surface area contributed by atoms with Crippen LogP contribution in [0.25, 0.3) is 101 Å². The quantitative estimate of drug-likeness (QED) is 0.165. The molecule has 0 radical (unpaired) electrons. The molecule has 0 spiro atoms. The van der Waals surface area contributed by atoms with Gasteiger partial charge in [-0.05, 0) is 57.6 Å². The fourth-order valence-corrected chi connectivity index (χ4v) is 11.6. The minimum absolute atomic E-state index is 0.0160. The van der Waals surface area contributed by atoms with E-state index in [1.54, 1.807) is 0 Å². The van der Waals surface area contributed by atoms with E-state index in [1.807, 2.05) is 72.8 Å². The second-order valence-electron chi connectivity index (χ2n) is 18.2. The summed E-state index contributed by atoms with van der Waals surface area (Å²) in [6.45, 7) is 0. The molecule has 0 N–H and O–H groups in total. The molecule has 0 saturated heterocycles. The lowest BCUT2D eigenvalue weighted by Gasteiger charge is -2.43. The third-order valence-electron chi connectivity index (χ3n) is 14.4. The summed E-state index contributed by atoms with van der Waals surface area (Å²) in [7, 11) is 0. The summed E-state index contributed by atoms with van der Waals surface area (Å²) < 4.78 is 4.50. The molecule has 16 rings (SSSR count). The van der Waals surface area contributed by atoms with Gasteiger partial charge in [0, 0.05) is 55.6 Å². The van der Waals surface area contributed by atoms with Gasteiger partial charge >= 0.3 is 0 Å². The Balaban J connectivity index is 1.01. The van der Waals surface area contributed by atoms with Crippen molar-refractivity contribution in [2.45, 2.75) is 11.8 Å². The number of para-hydroxylation sites is 2. The molecule has 3 aliphatic rings. The number of hydrogen-bond donors (Lipinski definition) is 0. The summed E-state index contributed by atoms with van der Waals surface area (Å²) in [5.74, 6) is 3.58. The molecule has 0 aliphatic heterocycles. The highest BCUT2D eigenvalue weighted by Crippen LogP contribution is 2.60. The molecule has 9 aromatic carbocycles. The molecule has 0 unspecified atom stereocenters. The van der Waals surface area contributed by atoms with Gasteiger partial charge in [0.15, 0.2) is 23.3 Å². The van der Waals surface area contributed by atoms with Crippen LogP contribution in [0, 0.1) is 0 Å². The molecule has 13 aromatic rings. The van der Waals surface area contributed by atoms with E-state index in [0.717, 1.165) is 55.1 Å². The Hall–Kier alpha value is -9.40.